The van der Waals surface area contributed by atoms with E-state index in [9.17, 15) is 30.1 Å². The highest BCUT2D eigenvalue weighted by Gasteiger charge is 2.20. The molecule has 11 heteroatoms. The SMILES string of the molecule is O=C(Cc1ccc([N+](=O)[O-])cc1[N+](=O)[O-])NN=Cc1cc(Br)ccc1O. The van der Waals surface area contributed by atoms with Gasteiger partial charge in [-0.25, -0.2) is 5.43 Å². The summed E-state index contributed by atoms with van der Waals surface area (Å²) in [6.45, 7) is 0. The van der Waals surface area contributed by atoms with Crippen molar-refractivity contribution in [2.45, 2.75) is 6.42 Å². The molecule has 2 rings (SSSR count). The zero-order chi connectivity index (χ0) is 19.3. The normalized spacial score (nSPS) is 10.7. The molecule has 0 aromatic heterocycles. The van der Waals surface area contributed by atoms with Gasteiger partial charge in [0.2, 0.25) is 5.91 Å². The summed E-state index contributed by atoms with van der Waals surface area (Å²) in [7, 11) is 0. The number of halogens is 1. The molecule has 0 bridgehead atoms. The second-order valence-electron chi connectivity index (χ2n) is 5.00. The summed E-state index contributed by atoms with van der Waals surface area (Å²) in [5, 5.41) is 35.1. The van der Waals surface area contributed by atoms with Crippen molar-refractivity contribution in [2.75, 3.05) is 0 Å². The molecule has 2 aromatic rings. The van der Waals surface area contributed by atoms with E-state index in [0.717, 1.165) is 18.2 Å². The highest BCUT2D eigenvalue weighted by Crippen LogP contribution is 2.25. The van der Waals surface area contributed by atoms with Gasteiger partial charge in [0.15, 0.2) is 0 Å². The molecule has 0 fully saturated rings. The quantitative estimate of drug-likeness (QED) is 0.415. The Balaban J connectivity index is 2.10. The molecule has 2 aromatic carbocycles. The van der Waals surface area contributed by atoms with Crippen molar-refractivity contribution in [3.63, 3.8) is 0 Å². The molecule has 134 valence electrons. The Morgan fingerprint density at radius 3 is 2.58 bits per heavy atom. The molecule has 0 heterocycles. The maximum Gasteiger partial charge on any atom is 0.279 e. The van der Waals surface area contributed by atoms with Gasteiger partial charge >= 0.3 is 0 Å². The number of benzene rings is 2. The topological polar surface area (TPSA) is 148 Å². The summed E-state index contributed by atoms with van der Waals surface area (Å²) in [6.07, 6.45) is 0.818. The van der Waals surface area contributed by atoms with Gasteiger partial charge in [-0.1, -0.05) is 15.9 Å². The number of carbonyl (C=O) groups is 1. The average Bonchev–Trinajstić information content (AvgIpc) is 2.57. The number of aromatic hydroxyl groups is 1. The fourth-order valence-electron chi connectivity index (χ4n) is 2.00. The number of phenols is 1. The van der Waals surface area contributed by atoms with Crippen LogP contribution < -0.4 is 5.43 Å². The molecular weight excluding hydrogens is 412 g/mol. The number of hydrogen-bond donors (Lipinski definition) is 2. The minimum Gasteiger partial charge on any atom is -0.507 e. The van der Waals surface area contributed by atoms with Gasteiger partial charge in [0, 0.05) is 21.7 Å². The smallest absolute Gasteiger partial charge is 0.279 e. The van der Waals surface area contributed by atoms with Crippen LogP contribution in [-0.4, -0.2) is 27.1 Å². The first-order valence-corrected chi connectivity index (χ1v) is 7.79. The van der Waals surface area contributed by atoms with Crippen molar-refractivity contribution in [1.29, 1.82) is 0 Å². The van der Waals surface area contributed by atoms with Gasteiger partial charge in [-0.05, 0) is 24.3 Å². The molecule has 0 atom stereocenters. The summed E-state index contributed by atoms with van der Waals surface area (Å²) in [5.74, 6) is -0.704. The third-order valence-electron chi connectivity index (χ3n) is 3.21. The lowest BCUT2D eigenvalue weighted by molar-refractivity contribution is -0.394. The van der Waals surface area contributed by atoms with Crippen LogP contribution in [0.1, 0.15) is 11.1 Å². The number of phenolic OH excluding ortho intramolecular Hbond substituents is 1. The molecule has 0 unspecified atom stereocenters. The number of hydrogen-bond acceptors (Lipinski definition) is 7. The van der Waals surface area contributed by atoms with Crippen molar-refractivity contribution in [3.8, 4) is 5.75 Å². The van der Waals surface area contributed by atoms with E-state index in [2.05, 4.69) is 26.5 Å². The van der Waals surface area contributed by atoms with Crippen molar-refractivity contribution in [2.24, 2.45) is 5.10 Å². The molecule has 0 saturated carbocycles. The lowest BCUT2D eigenvalue weighted by Gasteiger charge is -2.03. The molecule has 2 N–H and O–H groups in total. The Bertz CT molecular complexity index is 915. The van der Waals surface area contributed by atoms with Gasteiger partial charge in [0.1, 0.15) is 5.75 Å². The number of hydrazone groups is 1. The number of nitro groups is 2. The number of amides is 1. The number of rotatable bonds is 6. The summed E-state index contributed by atoms with van der Waals surface area (Å²) in [6, 6.07) is 7.67. The van der Waals surface area contributed by atoms with E-state index < -0.39 is 33.5 Å². The summed E-state index contributed by atoms with van der Waals surface area (Å²) < 4.78 is 0.699. The fraction of sp³-hybridized carbons (Fsp3) is 0.0667. The van der Waals surface area contributed by atoms with Crippen LogP contribution in [0.25, 0.3) is 0 Å². The van der Waals surface area contributed by atoms with Crippen LogP contribution in [0.2, 0.25) is 0 Å². The van der Waals surface area contributed by atoms with Crippen LogP contribution >= 0.6 is 15.9 Å². The van der Waals surface area contributed by atoms with Gasteiger partial charge in [-0.2, -0.15) is 5.10 Å². The fourth-order valence-corrected chi connectivity index (χ4v) is 2.38. The highest BCUT2D eigenvalue weighted by atomic mass is 79.9. The summed E-state index contributed by atoms with van der Waals surface area (Å²) >= 11 is 3.23. The monoisotopic (exact) mass is 422 g/mol. The minimum atomic E-state index is -0.793. The molecule has 0 aliphatic heterocycles. The van der Waals surface area contributed by atoms with Crippen LogP contribution in [0, 0.1) is 20.2 Å². The highest BCUT2D eigenvalue weighted by molar-refractivity contribution is 9.10. The van der Waals surface area contributed by atoms with Gasteiger partial charge < -0.3 is 5.11 Å². The van der Waals surface area contributed by atoms with E-state index in [1.165, 1.54) is 12.3 Å². The molecule has 0 aliphatic rings. The van der Waals surface area contributed by atoms with E-state index in [1.54, 1.807) is 12.1 Å². The number of carbonyl (C=O) groups excluding carboxylic acids is 1. The largest absolute Gasteiger partial charge is 0.507 e. The van der Waals surface area contributed by atoms with Gasteiger partial charge in [0.25, 0.3) is 11.4 Å². The standard InChI is InChI=1S/C15H11BrN4O6/c16-11-2-4-14(21)10(5-11)8-17-18-15(22)6-9-1-3-12(19(23)24)7-13(9)20(25)26/h1-5,7-8,21H,6H2,(H,18,22). The molecule has 10 nitrogen and oxygen atoms in total. The predicted molar refractivity (Wildman–Crippen MR) is 95.0 cm³/mol. The zero-order valence-electron chi connectivity index (χ0n) is 13.0. The predicted octanol–water partition coefficient (Wildman–Crippen LogP) is 2.66. The van der Waals surface area contributed by atoms with E-state index in [0.29, 0.717) is 10.0 Å². The van der Waals surface area contributed by atoms with E-state index in [-0.39, 0.29) is 11.3 Å². The first kappa shape index (κ1) is 19.0. The van der Waals surface area contributed by atoms with Crippen LogP contribution in [0.5, 0.6) is 5.75 Å². The van der Waals surface area contributed by atoms with E-state index in [1.807, 2.05) is 0 Å². The maximum atomic E-state index is 11.9. The molecule has 0 spiro atoms. The molecule has 0 radical (unpaired) electrons. The Morgan fingerprint density at radius 2 is 1.92 bits per heavy atom. The van der Waals surface area contributed by atoms with Crippen molar-refractivity contribution in [1.82, 2.24) is 5.43 Å². The Labute approximate surface area is 154 Å². The first-order chi connectivity index (χ1) is 12.3. The number of nitro benzene ring substituents is 2. The van der Waals surface area contributed by atoms with Crippen LogP contribution in [0.4, 0.5) is 11.4 Å². The lowest BCUT2D eigenvalue weighted by atomic mass is 10.1. The maximum absolute atomic E-state index is 11.9. The third-order valence-corrected chi connectivity index (χ3v) is 3.70. The van der Waals surface area contributed by atoms with Gasteiger partial charge in [0.05, 0.1) is 28.5 Å². The molecular formula is C15H11BrN4O6. The lowest BCUT2D eigenvalue weighted by Crippen LogP contribution is -2.20. The van der Waals surface area contributed by atoms with Crippen LogP contribution in [0.3, 0.4) is 0 Å². The summed E-state index contributed by atoms with van der Waals surface area (Å²) in [4.78, 5) is 32.1. The molecule has 1 amide bonds. The molecule has 0 aliphatic carbocycles. The third kappa shape index (κ3) is 4.83. The number of non-ortho nitro benzene ring substituents is 1. The summed E-state index contributed by atoms with van der Waals surface area (Å²) in [5.41, 5.74) is 1.57. The second-order valence-corrected chi connectivity index (χ2v) is 5.92. The van der Waals surface area contributed by atoms with Crippen molar-refractivity contribution < 1.29 is 19.7 Å². The van der Waals surface area contributed by atoms with E-state index in [4.69, 9.17) is 0 Å². The van der Waals surface area contributed by atoms with Gasteiger partial charge in [-0.15, -0.1) is 0 Å². The zero-order valence-corrected chi connectivity index (χ0v) is 14.5. The van der Waals surface area contributed by atoms with Gasteiger partial charge in [-0.3, -0.25) is 25.0 Å². The molecule has 26 heavy (non-hydrogen) atoms. The Hall–Kier alpha value is -3.34. The van der Waals surface area contributed by atoms with Crippen LogP contribution in [-0.2, 0) is 11.2 Å². The Morgan fingerprint density at radius 1 is 1.19 bits per heavy atom. The van der Waals surface area contributed by atoms with Crippen molar-refractivity contribution in [3.05, 3.63) is 72.2 Å². The molecule has 0 saturated heterocycles. The average molecular weight is 423 g/mol. The second kappa shape index (κ2) is 8.16. The number of nitrogens with zero attached hydrogens (tertiary/aromatic N) is 3. The van der Waals surface area contributed by atoms with E-state index >= 15 is 0 Å². The number of nitrogens with one attached hydrogen (secondary N) is 1. The minimum absolute atomic E-state index is 0.0126. The van der Waals surface area contributed by atoms with Crippen LogP contribution in [0.15, 0.2) is 46.0 Å². The van der Waals surface area contributed by atoms with Crippen molar-refractivity contribution >= 4 is 39.4 Å². The Kier molecular flexibility index (Phi) is 5.96. The first-order valence-electron chi connectivity index (χ1n) is 7.00.